The number of halogens is 2. The number of anilines is 1. The Morgan fingerprint density at radius 3 is 2.23 bits per heavy atom. The highest BCUT2D eigenvalue weighted by molar-refractivity contribution is 6.36. The number of nitrogens with zero attached hydrogens (tertiary/aromatic N) is 3. The molecule has 0 aliphatic rings. The molecular weight excluding hydrogens is 321 g/mol. The highest BCUT2D eigenvalue weighted by atomic mass is 35.5. The van der Waals surface area contributed by atoms with Gasteiger partial charge in [-0.15, -0.1) is 10.2 Å². The molecule has 0 amide bonds. The van der Waals surface area contributed by atoms with Gasteiger partial charge in [0.2, 0.25) is 11.8 Å². The van der Waals surface area contributed by atoms with Crippen molar-refractivity contribution < 1.29 is 4.42 Å². The van der Waals surface area contributed by atoms with Crippen LogP contribution in [0.4, 0.5) is 5.69 Å². The van der Waals surface area contributed by atoms with Crippen LogP contribution in [0.3, 0.4) is 0 Å². The minimum Gasteiger partial charge on any atom is -0.416 e. The minimum absolute atomic E-state index is 0.369. The van der Waals surface area contributed by atoms with Gasteiger partial charge in [-0.1, -0.05) is 23.2 Å². The van der Waals surface area contributed by atoms with E-state index in [9.17, 15) is 0 Å². The average Bonchev–Trinajstić information content (AvgIpc) is 2.97. The molecule has 0 radical (unpaired) electrons. The van der Waals surface area contributed by atoms with Crippen molar-refractivity contribution >= 4 is 28.9 Å². The Bertz CT molecular complexity index is 797. The molecule has 1 aromatic heterocycles. The van der Waals surface area contributed by atoms with Gasteiger partial charge < -0.3 is 9.32 Å². The summed E-state index contributed by atoms with van der Waals surface area (Å²) in [6, 6.07) is 13.0. The summed E-state index contributed by atoms with van der Waals surface area (Å²) >= 11 is 12.0. The molecular formula is C16H13Cl2N3O. The summed E-state index contributed by atoms with van der Waals surface area (Å²) in [5.41, 5.74) is 2.62. The molecule has 0 aliphatic heterocycles. The summed E-state index contributed by atoms with van der Waals surface area (Å²) in [7, 11) is 3.98. The first-order valence-corrected chi connectivity index (χ1v) is 7.37. The van der Waals surface area contributed by atoms with Crippen molar-refractivity contribution in [2.75, 3.05) is 19.0 Å². The second-order valence-electron chi connectivity index (χ2n) is 4.98. The van der Waals surface area contributed by atoms with E-state index in [0.29, 0.717) is 27.4 Å². The SMILES string of the molecule is CN(C)c1ccc(-c2nnc(-c3ccc(Cl)cc3Cl)o2)cc1. The van der Waals surface area contributed by atoms with E-state index in [1.54, 1.807) is 18.2 Å². The fourth-order valence-electron chi connectivity index (χ4n) is 2.01. The predicted octanol–water partition coefficient (Wildman–Crippen LogP) is 4.78. The third-order valence-corrected chi connectivity index (χ3v) is 3.76. The molecule has 0 N–H and O–H groups in total. The van der Waals surface area contributed by atoms with E-state index in [-0.39, 0.29) is 0 Å². The van der Waals surface area contributed by atoms with Crippen LogP contribution in [0, 0.1) is 0 Å². The van der Waals surface area contributed by atoms with Gasteiger partial charge in [-0.3, -0.25) is 0 Å². The maximum absolute atomic E-state index is 6.16. The first kappa shape index (κ1) is 14.9. The third kappa shape index (κ3) is 2.93. The molecule has 0 unspecified atom stereocenters. The molecule has 112 valence electrons. The van der Waals surface area contributed by atoms with Gasteiger partial charge in [-0.25, -0.2) is 0 Å². The van der Waals surface area contributed by atoms with Gasteiger partial charge in [0.25, 0.3) is 0 Å². The van der Waals surface area contributed by atoms with Crippen molar-refractivity contribution in [2.24, 2.45) is 0 Å². The monoisotopic (exact) mass is 333 g/mol. The van der Waals surface area contributed by atoms with E-state index < -0.39 is 0 Å². The second kappa shape index (κ2) is 5.99. The Morgan fingerprint density at radius 1 is 0.909 bits per heavy atom. The van der Waals surface area contributed by atoms with Crippen molar-refractivity contribution in [3.63, 3.8) is 0 Å². The highest BCUT2D eigenvalue weighted by Crippen LogP contribution is 2.31. The molecule has 6 heteroatoms. The molecule has 0 spiro atoms. The Kier molecular flexibility index (Phi) is 4.05. The smallest absolute Gasteiger partial charge is 0.249 e. The van der Waals surface area contributed by atoms with Gasteiger partial charge >= 0.3 is 0 Å². The lowest BCUT2D eigenvalue weighted by molar-refractivity contribution is 0.584. The minimum atomic E-state index is 0.369. The fourth-order valence-corrected chi connectivity index (χ4v) is 2.50. The largest absolute Gasteiger partial charge is 0.416 e. The molecule has 0 atom stereocenters. The lowest BCUT2D eigenvalue weighted by Gasteiger charge is -2.11. The second-order valence-corrected chi connectivity index (χ2v) is 5.82. The zero-order valence-electron chi connectivity index (χ0n) is 12.0. The Morgan fingerprint density at radius 2 is 1.59 bits per heavy atom. The molecule has 0 fully saturated rings. The van der Waals surface area contributed by atoms with Crippen molar-refractivity contribution in [3.8, 4) is 22.9 Å². The highest BCUT2D eigenvalue weighted by Gasteiger charge is 2.13. The zero-order valence-corrected chi connectivity index (χ0v) is 13.6. The normalized spacial score (nSPS) is 10.7. The van der Waals surface area contributed by atoms with Crippen molar-refractivity contribution in [1.82, 2.24) is 10.2 Å². The predicted molar refractivity (Wildman–Crippen MR) is 89.5 cm³/mol. The molecule has 0 saturated heterocycles. The lowest BCUT2D eigenvalue weighted by Crippen LogP contribution is -2.07. The summed E-state index contributed by atoms with van der Waals surface area (Å²) in [6.07, 6.45) is 0. The van der Waals surface area contributed by atoms with E-state index in [4.69, 9.17) is 27.6 Å². The van der Waals surface area contributed by atoms with Crippen LogP contribution in [0.2, 0.25) is 10.0 Å². The molecule has 4 nitrogen and oxygen atoms in total. The molecule has 0 saturated carbocycles. The maximum atomic E-state index is 6.16. The maximum Gasteiger partial charge on any atom is 0.249 e. The quantitative estimate of drug-likeness (QED) is 0.691. The van der Waals surface area contributed by atoms with Crippen molar-refractivity contribution in [1.29, 1.82) is 0 Å². The van der Waals surface area contributed by atoms with E-state index in [2.05, 4.69) is 10.2 Å². The van der Waals surface area contributed by atoms with E-state index in [0.717, 1.165) is 11.3 Å². The number of hydrogen-bond donors (Lipinski definition) is 0. The van der Waals surface area contributed by atoms with Crippen LogP contribution >= 0.6 is 23.2 Å². The number of benzene rings is 2. The van der Waals surface area contributed by atoms with Crippen LogP contribution < -0.4 is 4.90 Å². The van der Waals surface area contributed by atoms with Gasteiger partial charge in [0, 0.05) is 30.4 Å². The third-order valence-electron chi connectivity index (χ3n) is 3.22. The first-order valence-electron chi connectivity index (χ1n) is 6.61. The van der Waals surface area contributed by atoms with Crippen LogP contribution in [0.1, 0.15) is 0 Å². The number of aromatic nitrogens is 2. The van der Waals surface area contributed by atoms with Gasteiger partial charge in [-0.2, -0.15) is 0 Å². The Balaban J connectivity index is 1.93. The van der Waals surface area contributed by atoms with Crippen LogP contribution in [-0.4, -0.2) is 24.3 Å². The van der Waals surface area contributed by atoms with Gasteiger partial charge in [0.15, 0.2) is 0 Å². The van der Waals surface area contributed by atoms with E-state index in [1.165, 1.54) is 0 Å². The number of hydrogen-bond acceptors (Lipinski definition) is 4. The molecule has 0 bridgehead atoms. The summed E-state index contributed by atoms with van der Waals surface area (Å²) in [5.74, 6) is 0.819. The molecule has 3 rings (SSSR count). The van der Waals surface area contributed by atoms with Gasteiger partial charge in [0.1, 0.15) is 0 Å². The molecule has 3 aromatic rings. The van der Waals surface area contributed by atoms with Crippen LogP contribution in [0.25, 0.3) is 22.9 Å². The van der Waals surface area contributed by atoms with Crippen molar-refractivity contribution in [2.45, 2.75) is 0 Å². The summed E-state index contributed by atoms with van der Waals surface area (Å²) in [5, 5.41) is 9.18. The Labute approximate surface area is 138 Å². The van der Waals surface area contributed by atoms with Gasteiger partial charge in [0.05, 0.1) is 10.6 Å². The lowest BCUT2D eigenvalue weighted by atomic mass is 10.2. The topological polar surface area (TPSA) is 42.2 Å². The molecule has 1 heterocycles. The fraction of sp³-hybridized carbons (Fsp3) is 0.125. The first-order chi connectivity index (χ1) is 10.5. The molecule has 22 heavy (non-hydrogen) atoms. The van der Waals surface area contributed by atoms with Crippen LogP contribution in [0.15, 0.2) is 46.9 Å². The van der Waals surface area contributed by atoms with E-state index >= 15 is 0 Å². The summed E-state index contributed by atoms with van der Waals surface area (Å²) < 4.78 is 5.71. The molecule has 2 aromatic carbocycles. The Hall–Kier alpha value is -2.04. The molecule has 0 aliphatic carbocycles. The average molecular weight is 334 g/mol. The number of rotatable bonds is 3. The van der Waals surface area contributed by atoms with Crippen LogP contribution in [0.5, 0.6) is 0 Å². The van der Waals surface area contributed by atoms with E-state index in [1.807, 2.05) is 43.3 Å². The summed E-state index contributed by atoms with van der Waals surface area (Å²) in [6.45, 7) is 0. The van der Waals surface area contributed by atoms with Crippen molar-refractivity contribution in [3.05, 3.63) is 52.5 Å². The zero-order chi connectivity index (χ0) is 15.7. The standard InChI is InChI=1S/C16H13Cl2N3O/c1-21(2)12-6-3-10(4-7-12)15-19-20-16(22-15)13-8-5-11(17)9-14(13)18/h3-9H,1-2H3. The van der Waals surface area contributed by atoms with Gasteiger partial charge in [-0.05, 0) is 42.5 Å². The summed E-state index contributed by atoms with van der Waals surface area (Å²) in [4.78, 5) is 2.02. The van der Waals surface area contributed by atoms with Crippen LogP contribution in [-0.2, 0) is 0 Å².